The number of thiol groups is 1. The van der Waals surface area contributed by atoms with Crippen molar-refractivity contribution in [1.29, 1.82) is 0 Å². The second kappa shape index (κ2) is 5.08. The summed E-state index contributed by atoms with van der Waals surface area (Å²) in [5.74, 6) is -0.398. The lowest BCUT2D eigenvalue weighted by atomic mass is 10.1. The third-order valence-corrected chi connectivity index (χ3v) is 2.71. The smallest absolute Gasteiger partial charge is 0.142 e. The van der Waals surface area contributed by atoms with E-state index in [2.05, 4.69) is 33.5 Å². The molecule has 0 amide bonds. The number of halogens is 3. The van der Waals surface area contributed by atoms with Crippen molar-refractivity contribution in [1.82, 2.24) is 0 Å². The maximum absolute atomic E-state index is 13.0. The largest absolute Gasteiger partial charge is 0.332 e. The minimum Gasteiger partial charge on any atom is -0.332 e. The molecule has 0 radical (unpaired) electrons. The summed E-state index contributed by atoms with van der Waals surface area (Å²) in [6.07, 6.45) is 0.666. The van der Waals surface area contributed by atoms with Crippen LogP contribution in [0.5, 0.6) is 0 Å². The van der Waals surface area contributed by atoms with Gasteiger partial charge in [0.15, 0.2) is 0 Å². The number of alkyl halides is 1. The van der Waals surface area contributed by atoms with Crippen LogP contribution in [0.2, 0.25) is 5.02 Å². The number of hydrogen-bond acceptors (Lipinski definition) is 2. The summed E-state index contributed by atoms with van der Waals surface area (Å²) in [7, 11) is 0. The van der Waals surface area contributed by atoms with Crippen LogP contribution in [-0.4, -0.2) is 5.33 Å². The standard InChI is InChI=1S/C8H8BrClFNS/c9-4-3-5-7(12-13)2-1-6(11)8(5)10/h1-2,12-13H,3-4H2. The molecular formula is C8H8BrClFNS. The fourth-order valence-corrected chi connectivity index (χ4v) is 1.90. The minimum atomic E-state index is -0.398. The van der Waals surface area contributed by atoms with Crippen LogP contribution in [-0.2, 0) is 6.42 Å². The average molecular weight is 285 g/mol. The molecule has 5 heteroatoms. The molecule has 0 saturated heterocycles. The Balaban J connectivity index is 3.15. The molecule has 0 atom stereocenters. The summed E-state index contributed by atoms with van der Waals surface area (Å²) >= 11 is 13.0. The number of nitrogens with one attached hydrogen (secondary N) is 1. The first-order valence-electron chi connectivity index (χ1n) is 3.63. The molecule has 0 unspecified atom stereocenters. The normalized spacial score (nSPS) is 10.2. The van der Waals surface area contributed by atoms with Gasteiger partial charge in [0, 0.05) is 11.0 Å². The fourth-order valence-electron chi connectivity index (χ4n) is 1.04. The molecule has 13 heavy (non-hydrogen) atoms. The number of anilines is 1. The minimum absolute atomic E-state index is 0.165. The summed E-state index contributed by atoms with van der Waals surface area (Å²) in [5.41, 5.74) is 1.49. The number of hydrogen-bond donors (Lipinski definition) is 2. The third kappa shape index (κ3) is 2.51. The predicted molar refractivity (Wildman–Crippen MR) is 61.5 cm³/mol. The van der Waals surface area contributed by atoms with Crippen LogP contribution in [0.4, 0.5) is 10.1 Å². The molecule has 0 aliphatic heterocycles. The topological polar surface area (TPSA) is 12.0 Å². The number of benzene rings is 1. The lowest BCUT2D eigenvalue weighted by molar-refractivity contribution is 0.626. The Kier molecular flexibility index (Phi) is 4.35. The SMILES string of the molecule is Fc1ccc(NS)c(CCBr)c1Cl. The molecule has 0 aliphatic carbocycles. The van der Waals surface area contributed by atoms with Gasteiger partial charge in [-0.25, -0.2) is 4.39 Å². The highest BCUT2D eigenvalue weighted by Gasteiger charge is 2.10. The van der Waals surface area contributed by atoms with Crippen LogP contribution in [0.25, 0.3) is 0 Å². The Labute approximate surface area is 95.3 Å². The van der Waals surface area contributed by atoms with Crippen molar-refractivity contribution in [3.05, 3.63) is 28.5 Å². The van der Waals surface area contributed by atoms with Gasteiger partial charge in [-0.15, -0.1) is 0 Å². The van der Waals surface area contributed by atoms with Crippen molar-refractivity contribution in [3.63, 3.8) is 0 Å². The number of rotatable bonds is 3. The van der Waals surface area contributed by atoms with Crippen LogP contribution in [0, 0.1) is 5.82 Å². The molecule has 0 saturated carbocycles. The Hall–Kier alpha value is 0.0700. The second-order valence-electron chi connectivity index (χ2n) is 2.44. The van der Waals surface area contributed by atoms with Gasteiger partial charge in [-0.2, -0.15) is 0 Å². The molecule has 0 aromatic heterocycles. The maximum atomic E-state index is 13.0. The molecule has 0 bridgehead atoms. The van der Waals surface area contributed by atoms with Crippen molar-refractivity contribution in [2.24, 2.45) is 0 Å². The Morgan fingerprint density at radius 1 is 1.54 bits per heavy atom. The molecule has 0 aliphatic rings. The van der Waals surface area contributed by atoms with Gasteiger partial charge in [-0.1, -0.05) is 40.3 Å². The summed E-state index contributed by atoms with van der Waals surface area (Å²) in [6.45, 7) is 0. The van der Waals surface area contributed by atoms with Crippen molar-refractivity contribution in [2.75, 3.05) is 10.1 Å². The summed E-state index contributed by atoms with van der Waals surface area (Å²) < 4.78 is 15.7. The average Bonchev–Trinajstić information content (AvgIpc) is 2.14. The second-order valence-corrected chi connectivity index (χ2v) is 3.83. The van der Waals surface area contributed by atoms with E-state index in [1.807, 2.05) is 0 Å². The van der Waals surface area contributed by atoms with E-state index in [1.165, 1.54) is 6.07 Å². The highest BCUT2D eigenvalue weighted by molar-refractivity contribution is 9.09. The fraction of sp³-hybridized carbons (Fsp3) is 0.250. The van der Waals surface area contributed by atoms with Crippen molar-refractivity contribution < 1.29 is 4.39 Å². The zero-order valence-corrected chi connectivity index (χ0v) is 9.89. The van der Waals surface area contributed by atoms with E-state index in [0.29, 0.717) is 6.42 Å². The molecule has 0 fully saturated rings. The Morgan fingerprint density at radius 2 is 2.23 bits per heavy atom. The quantitative estimate of drug-likeness (QED) is 0.637. The first-order valence-corrected chi connectivity index (χ1v) is 5.58. The lowest BCUT2D eigenvalue weighted by Gasteiger charge is -2.09. The molecular weight excluding hydrogens is 277 g/mol. The molecule has 1 N–H and O–H groups in total. The van der Waals surface area contributed by atoms with Gasteiger partial charge >= 0.3 is 0 Å². The maximum Gasteiger partial charge on any atom is 0.142 e. The molecule has 1 rings (SSSR count). The molecule has 72 valence electrons. The third-order valence-electron chi connectivity index (χ3n) is 1.66. The van der Waals surface area contributed by atoms with E-state index in [9.17, 15) is 4.39 Å². The zero-order valence-electron chi connectivity index (χ0n) is 6.65. The van der Waals surface area contributed by atoms with Gasteiger partial charge in [0.05, 0.1) is 5.02 Å². The van der Waals surface area contributed by atoms with Gasteiger partial charge in [0.1, 0.15) is 5.82 Å². The summed E-state index contributed by atoms with van der Waals surface area (Å²) in [6, 6.07) is 2.94. The van der Waals surface area contributed by atoms with Crippen LogP contribution >= 0.6 is 40.3 Å². The zero-order chi connectivity index (χ0) is 9.84. The van der Waals surface area contributed by atoms with E-state index < -0.39 is 5.82 Å². The Bertz CT molecular complexity index is 308. The predicted octanol–water partition coefficient (Wildman–Crippen LogP) is 3.67. The Morgan fingerprint density at radius 3 is 2.77 bits per heavy atom. The van der Waals surface area contributed by atoms with Gasteiger partial charge in [-0.05, 0) is 24.1 Å². The molecule has 1 nitrogen and oxygen atoms in total. The van der Waals surface area contributed by atoms with E-state index in [0.717, 1.165) is 16.6 Å². The van der Waals surface area contributed by atoms with E-state index >= 15 is 0 Å². The van der Waals surface area contributed by atoms with Crippen LogP contribution < -0.4 is 4.72 Å². The van der Waals surface area contributed by atoms with Crippen LogP contribution in [0.15, 0.2) is 12.1 Å². The van der Waals surface area contributed by atoms with E-state index in [-0.39, 0.29) is 5.02 Å². The van der Waals surface area contributed by atoms with Gasteiger partial charge in [0.25, 0.3) is 0 Å². The van der Waals surface area contributed by atoms with Crippen molar-refractivity contribution in [3.8, 4) is 0 Å². The monoisotopic (exact) mass is 283 g/mol. The van der Waals surface area contributed by atoms with Crippen LogP contribution in [0.1, 0.15) is 5.56 Å². The molecule has 1 aromatic rings. The van der Waals surface area contributed by atoms with Crippen molar-refractivity contribution >= 4 is 46.0 Å². The van der Waals surface area contributed by atoms with E-state index in [1.54, 1.807) is 6.07 Å². The first-order chi connectivity index (χ1) is 6.20. The summed E-state index contributed by atoms with van der Waals surface area (Å²) in [5, 5.41) is 0.900. The molecule has 0 spiro atoms. The van der Waals surface area contributed by atoms with Gasteiger partial charge < -0.3 is 4.72 Å². The molecule has 1 aromatic carbocycles. The highest BCUT2D eigenvalue weighted by atomic mass is 79.9. The first kappa shape index (κ1) is 11.1. The lowest BCUT2D eigenvalue weighted by Crippen LogP contribution is -1.96. The summed E-state index contributed by atoms with van der Waals surface area (Å²) in [4.78, 5) is 0. The van der Waals surface area contributed by atoms with Crippen LogP contribution in [0.3, 0.4) is 0 Å². The molecule has 0 heterocycles. The van der Waals surface area contributed by atoms with Gasteiger partial charge in [-0.3, -0.25) is 0 Å². The van der Waals surface area contributed by atoms with Crippen molar-refractivity contribution in [2.45, 2.75) is 6.42 Å². The van der Waals surface area contributed by atoms with Gasteiger partial charge in [0.2, 0.25) is 0 Å². The highest BCUT2D eigenvalue weighted by Crippen LogP contribution is 2.28. The van der Waals surface area contributed by atoms with E-state index in [4.69, 9.17) is 11.6 Å².